The smallest absolute Gasteiger partial charge is 0.244 e. The third kappa shape index (κ3) is 3.55. The summed E-state index contributed by atoms with van der Waals surface area (Å²) in [6.45, 7) is 7.31. The largest absolute Gasteiger partial charge is 0.271 e. The van der Waals surface area contributed by atoms with Crippen LogP contribution >= 0.6 is 15.9 Å². The summed E-state index contributed by atoms with van der Waals surface area (Å²) >= 11 is 3.42. The van der Waals surface area contributed by atoms with E-state index in [9.17, 15) is 8.42 Å². The number of hydrogen-bond acceptors (Lipinski definition) is 3. The Hall–Kier alpha value is -0.400. The highest BCUT2D eigenvalue weighted by Crippen LogP contribution is 2.19. The van der Waals surface area contributed by atoms with Gasteiger partial charge in [-0.2, -0.15) is 5.10 Å². The van der Waals surface area contributed by atoms with E-state index in [-0.39, 0.29) is 10.9 Å². The van der Waals surface area contributed by atoms with Gasteiger partial charge in [-0.1, -0.05) is 22.9 Å². The number of aromatic nitrogens is 2. The molecule has 104 valence electrons. The van der Waals surface area contributed by atoms with Crippen LogP contribution in [0.15, 0.2) is 4.90 Å². The molecule has 1 N–H and O–H groups in total. The summed E-state index contributed by atoms with van der Waals surface area (Å²) in [6, 6.07) is -0.122. The van der Waals surface area contributed by atoms with E-state index in [1.165, 1.54) is 0 Å². The first-order valence-electron chi connectivity index (χ1n) is 5.81. The fourth-order valence-electron chi connectivity index (χ4n) is 2.00. The van der Waals surface area contributed by atoms with Gasteiger partial charge in [0.15, 0.2) is 0 Å². The molecule has 18 heavy (non-hydrogen) atoms. The van der Waals surface area contributed by atoms with Gasteiger partial charge in [-0.15, -0.1) is 0 Å². The highest BCUT2D eigenvalue weighted by Gasteiger charge is 2.25. The Morgan fingerprint density at radius 3 is 2.33 bits per heavy atom. The summed E-state index contributed by atoms with van der Waals surface area (Å²) < 4.78 is 28.9. The maximum absolute atomic E-state index is 12.3. The number of sulfonamides is 1. The third-order valence-electron chi connectivity index (χ3n) is 2.75. The van der Waals surface area contributed by atoms with Gasteiger partial charge in [0.2, 0.25) is 10.0 Å². The van der Waals surface area contributed by atoms with Crippen LogP contribution in [0.4, 0.5) is 0 Å². The van der Waals surface area contributed by atoms with Crippen molar-refractivity contribution in [3.05, 3.63) is 11.4 Å². The molecule has 5 nitrogen and oxygen atoms in total. The van der Waals surface area contributed by atoms with Crippen LogP contribution in [0.25, 0.3) is 0 Å². The summed E-state index contributed by atoms with van der Waals surface area (Å²) in [5.41, 5.74) is 1.18. The molecular formula is C11H20BrN3O2S. The van der Waals surface area contributed by atoms with Gasteiger partial charge in [-0.05, 0) is 27.2 Å². The Bertz CT molecular complexity index is 523. The molecule has 7 heteroatoms. The lowest BCUT2D eigenvalue weighted by atomic mass is 10.2. The number of hydrogen-bond donors (Lipinski definition) is 1. The molecule has 0 bridgehead atoms. The van der Waals surface area contributed by atoms with E-state index in [1.54, 1.807) is 25.6 Å². The number of rotatable bonds is 5. The lowest BCUT2D eigenvalue weighted by molar-refractivity contribution is 0.546. The highest BCUT2D eigenvalue weighted by atomic mass is 79.9. The van der Waals surface area contributed by atoms with Crippen LogP contribution in [-0.2, 0) is 17.1 Å². The van der Waals surface area contributed by atoms with Crippen LogP contribution in [0.5, 0.6) is 0 Å². The Morgan fingerprint density at radius 1 is 1.39 bits per heavy atom. The number of alkyl halides is 1. The minimum Gasteiger partial charge on any atom is -0.271 e. The Labute approximate surface area is 117 Å². The normalized spacial score (nSPS) is 15.7. The van der Waals surface area contributed by atoms with E-state index in [4.69, 9.17) is 0 Å². The lowest BCUT2D eigenvalue weighted by Gasteiger charge is -2.15. The molecule has 0 aromatic carbocycles. The Balaban J connectivity index is 3.00. The average Bonchev–Trinajstić information content (AvgIpc) is 2.37. The highest BCUT2D eigenvalue weighted by molar-refractivity contribution is 9.09. The van der Waals surface area contributed by atoms with Crippen molar-refractivity contribution in [3.63, 3.8) is 0 Å². The second-order valence-electron chi connectivity index (χ2n) is 4.66. The number of halogens is 1. The van der Waals surface area contributed by atoms with Crippen molar-refractivity contribution in [1.29, 1.82) is 0 Å². The summed E-state index contributed by atoms with van der Waals surface area (Å²) in [6.07, 6.45) is 0.734. The summed E-state index contributed by atoms with van der Waals surface area (Å²) in [5, 5.41) is 4.13. The van der Waals surface area contributed by atoms with E-state index in [2.05, 4.69) is 25.8 Å². The molecule has 1 rings (SSSR count). The maximum Gasteiger partial charge on any atom is 0.244 e. The van der Waals surface area contributed by atoms with Crippen LogP contribution in [0, 0.1) is 13.8 Å². The molecular weight excluding hydrogens is 318 g/mol. The van der Waals surface area contributed by atoms with Crippen molar-refractivity contribution in [2.24, 2.45) is 7.05 Å². The Kier molecular flexibility index (Phi) is 4.97. The van der Waals surface area contributed by atoms with Crippen LogP contribution in [0.2, 0.25) is 0 Å². The maximum atomic E-state index is 12.3. The van der Waals surface area contributed by atoms with Crippen LogP contribution < -0.4 is 4.72 Å². The van der Waals surface area contributed by atoms with Crippen molar-refractivity contribution >= 4 is 26.0 Å². The van der Waals surface area contributed by atoms with Crippen molar-refractivity contribution in [2.45, 2.75) is 49.9 Å². The van der Waals surface area contributed by atoms with E-state index in [1.807, 2.05) is 13.8 Å². The van der Waals surface area contributed by atoms with E-state index in [0.717, 1.165) is 6.42 Å². The second-order valence-corrected chi connectivity index (χ2v) is 7.88. The molecule has 2 atom stereocenters. The third-order valence-corrected chi connectivity index (χ3v) is 4.96. The molecule has 0 saturated heterocycles. The summed E-state index contributed by atoms with van der Waals surface area (Å²) in [4.78, 5) is 0.561. The molecule has 0 radical (unpaired) electrons. The fraction of sp³-hybridized carbons (Fsp3) is 0.727. The molecule has 0 aliphatic rings. The number of nitrogens with one attached hydrogen (secondary N) is 1. The van der Waals surface area contributed by atoms with Gasteiger partial charge >= 0.3 is 0 Å². The Morgan fingerprint density at radius 2 is 1.94 bits per heavy atom. The molecule has 0 spiro atoms. The van der Waals surface area contributed by atoms with E-state index in [0.29, 0.717) is 16.3 Å². The van der Waals surface area contributed by atoms with Crippen LogP contribution in [-0.4, -0.2) is 29.1 Å². The SMILES string of the molecule is Cc1nn(C)c(C)c1S(=O)(=O)NC(C)CC(C)Br. The number of aryl methyl sites for hydroxylation is 2. The van der Waals surface area contributed by atoms with Gasteiger partial charge in [-0.3, -0.25) is 4.68 Å². The van der Waals surface area contributed by atoms with Crippen molar-refractivity contribution in [2.75, 3.05) is 0 Å². The first kappa shape index (κ1) is 15.7. The number of nitrogens with zero attached hydrogens (tertiary/aromatic N) is 2. The molecule has 0 fully saturated rings. The topological polar surface area (TPSA) is 64.0 Å². The molecule has 1 aromatic heterocycles. The van der Waals surface area contributed by atoms with Gasteiger partial charge in [0, 0.05) is 17.9 Å². The second kappa shape index (κ2) is 5.71. The minimum absolute atomic E-state index is 0.122. The monoisotopic (exact) mass is 337 g/mol. The van der Waals surface area contributed by atoms with Gasteiger partial charge in [-0.25, -0.2) is 13.1 Å². The average molecular weight is 338 g/mol. The van der Waals surface area contributed by atoms with Crippen molar-refractivity contribution in [1.82, 2.24) is 14.5 Å². The summed E-state index contributed by atoms with van der Waals surface area (Å²) in [5.74, 6) is 0. The van der Waals surface area contributed by atoms with E-state index >= 15 is 0 Å². The quantitative estimate of drug-likeness (QED) is 0.834. The van der Waals surface area contributed by atoms with Crippen LogP contribution in [0.1, 0.15) is 31.7 Å². The van der Waals surface area contributed by atoms with Gasteiger partial charge in [0.05, 0.1) is 11.4 Å². The molecule has 0 amide bonds. The zero-order chi connectivity index (χ0) is 14.1. The first-order chi connectivity index (χ1) is 8.15. The standard InChI is InChI=1S/C11H20BrN3O2S/c1-7(12)6-8(2)14-18(16,17)11-9(3)13-15(5)10(11)4/h7-8,14H,6H2,1-5H3. The predicted molar refractivity (Wildman–Crippen MR) is 75.5 cm³/mol. The molecule has 0 aliphatic carbocycles. The molecule has 0 aliphatic heterocycles. The lowest BCUT2D eigenvalue weighted by Crippen LogP contribution is -2.34. The zero-order valence-corrected chi connectivity index (χ0v) is 13.8. The van der Waals surface area contributed by atoms with Gasteiger partial charge in [0.1, 0.15) is 4.90 Å². The molecule has 1 heterocycles. The molecule has 0 saturated carbocycles. The molecule has 1 aromatic rings. The predicted octanol–water partition coefficient (Wildman–Crippen LogP) is 1.88. The van der Waals surface area contributed by atoms with Gasteiger partial charge < -0.3 is 0 Å². The van der Waals surface area contributed by atoms with Crippen molar-refractivity contribution < 1.29 is 8.42 Å². The van der Waals surface area contributed by atoms with Crippen LogP contribution in [0.3, 0.4) is 0 Å². The van der Waals surface area contributed by atoms with Crippen molar-refractivity contribution in [3.8, 4) is 0 Å². The molecule has 2 unspecified atom stereocenters. The van der Waals surface area contributed by atoms with Gasteiger partial charge in [0.25, 0.3) is 0 Å². The zero-order valence-electron chi connectivity index (χ0n) is 11.4. The van der Waals surface area contributed by atoms with E-state index < -0.39 is 10.0 Å². The first-order valence-corrected chi connectivity index (χ1v) is 8.21. The fourth-order valence-corrected chi connectivity index (χ4v) is 4.26. The summed E-state index contributed by atoms with van der Waals surface area (Å²) in [7, 11) is -1.76. The minimum atomic E-state index is -3.50.